The zero-order chi connectivity index (χ0) is 24.2. The molecule has 3 aromatic rings. The van der Waals surface area contributed by atoms with Gasteiger partial charge in [-0.1, -0.05) is 32.9 Å². The summed E-state index contributed by atoms with van der Waals surface area (Å²) in [6.07, 6.45) is 6.41. The Labute approximate surface area is 208 Å². The molecule has 34 heavy (non-hydrogen) atoms. The van der Waals surface area contributed by atoms with Gasteiger partial charge in [0.05, 0.1) is 11.6 Å². The zero-order valence-corrected chi connectivity index (χ0v) is 23.0. The number of hydrogen-bond donors (Lipinski definition) is 0. The third kappa shape index (κ3) is 4.29. The van der Waals surface area contributed by atoms with Gasteiger partial charge in [-0.25, -0.2) is 4.98 Å². The van der Waals surface area contributed by atoms with Crippen molar-refractivity contribution in [1.29, 1.82) is 0 Å². The Morgan fingerprint density at radius 2 is 1.88 bits per heavy atom. The van der Waals surface area contributed by atoms with E-state index in [2.05, 4.69) is 74.6 Å². The van der Waals surface area contributed by atoms with E-state index in [1.807, 2.05) is 11.8 Å². The van der Waals surface area contributed by atoms with Crippen LogP contribution in [0, 0.1) is 0 Å². The molecule has 182 valence electrons. The molecule has 6 nitrogen and oxygen atoms in total. The number of benzene rings is 1. The Kier molecular flexibility index (Phi) is 5.85. The SMILES string of the molecule is CC(C)(C)[Si](C)(C)OC[C@@]1(C)Cc2nnc(C3(c4ccc(-c5ncco5)cc4)CC3)n2CCS1. The van der Waals surface area contributed by atoms with Gasteiger partial charge < -0.3 is 13.4 Å². The molecular weight excluding hydrogens is 460 g/mol. The van der Waals surface area contributed by atoms with Crippen molar-refractivity contribution >= 4 is 20.1 Å². The van der Waals surface area contributed by atoms with Crippen molar-refractivity contribution in [2.24, 2.45) is 0 Å². The van der Waals surface area contributed by atoms with E-state index in [9.17, 15) is 0 Å². The molecule has 2 aliphatic rings. The highest BCUT2D eigenvalue weighted by Crippen LogP contribution is 2.53. The number of nitrogens with zero attached hydrogens (tertiary/aromatic N) is 4. The van der Waals surface area contributed by atoms with Crippen LogP contribution in [0.5, 0.6) is 0 Å². The molecule has 8 heteroatoms. The highest BCUT2D eigenvalue weighted by molar-refractivity contribution is 8.00. The Morgan fingerprint density at radius 3 is 2.50 bits per heavy atom. The molecule has 1 fully saturated rings. The quantitative estimate of drug-likeness (QED) is 0.385. The van der Waals surface area contributed by atoms with Crippen LogP contribution in [0.4, 0.5) is 0 Å². The van der Waals surface area contributed by atoms with Crippen LogP contribution in [0.1, 0.15) is 57.7 Å². The summed E-state index contributed by atoms with van der Waals surface area (Å²) in [7, 11) is -1.79. The molecule has 0 saturated heterocycles. The summed E-state index contributed by atoms with van der Waals surface area (Å²) in [4.78, 5) is 4.27. The molecule has 0 amide bonds. The number of rotatable bonds is 6. The van der Waals surface area contributed by atoms with E-state index in [4.69, 9.17) is 19.0 Å². The van der Waals surface area contributed by atoms with Gasteiger partial charge in [0.1, 0.15) is 17.9 Å². The van der Waals surface area contributed by atoms with Crippen LogP contribution in [0.3, 0.4) is 0 Å². The third-order valence-electron chi connectivity index (χ3n) is 7.96. The highest BCUT2D eigenvalue weighted by atomic mass is 32.2. The second kappa shape index (κ2) is 8.35. The highest BCUT2D eigenvalue weighted by Gasteiger charge is 2.51. The minimum absolute atomic E-state index is 0.0163. The second-order valence-electron chi connectivity index (χ2n) is 11.6. The first-order valence-corrected chi connectivity index (χ1v) is 16.1. The van der Waals surface area contributed by atoms with Crippen molar-refractivity contribution in [3.8, 4) is 11.5 Å². The Balaban J connectivity index is 1.37. The molecule has 0 N–H and O–H groups in total. The second-order valence-corrected chi connectivity index (χ2v) is 18.1. The molecular formula is C26H36N4O2SSi. The lowest BCUT2D eigenvalue weighted by Crippen LogP contribution is -2.45. The van der Waals surface area contributed by atoms with Crippen LogP contribution in [-0.4, -0.2) is 45.2 Å². The molecule has 0 radical (unpaired) electrons. The molecule has 5 rings (SSSR count). The maximum absolute atomic E-state index is 6.65. The third-order valence-corrected chi connectivity index (χ3v) is 13.8. The fourth-order valence-electron chi connectivity index (χ4n) is 4.53. The van der Waals surface area contributed by atoms with E-state index in [1.54, 1.807) is 12.5 Å². The fourth-order valence-corrected chi connectivity index (χ4v) is 6.89. The van der Waals surface area contributed by atoms with Crippen molar-refractivity contribution in [2.75, 3.05) is 12.4 Å². The molecule has 1 aliphatic carbocycles. The Morgan fingerprint density at radius 1 is 1.15 bits per heavy atom. The van der Waals surface area contributed by atoms with Crippen LogP contribution in [0.15, 0.2) is 41.1 Å². The number of hydrogen-bond acceptors (Lipinski definition) is 6. The molecule has 3 heterocycles. The number of oxazole rings is 1. The van der Waals surface area contributed by atoms with Gasteiger partial charge in [-0.05, 0) is 55.6 Å². The van der Waals surface area contributed by atoms with Gasteiger partial charge in [0, 0.05) is 35.6 Å². The van der Waals surface area contributed by atoms with Crippen LogP contribution in [0.2, 0.25) is 18.1 Å². The predicted molar refractivity (Wildman–Crippen MR) is 140 cm³/mol. The lowest BCUT2D eigenvalue weighted by atomic mass is 9.94. The fraction of sp³-hybridized carbons (Fsp3) is 0.577. The lowest BCUT2D eigenvalue weighted by Gasteiger charge is -2.39. The van der Waals surface area contributed by atoms with Crippen LogP contribution < -0.4 is 0 Å². The van der Waals surface area contributed by atoms with E-state index in [-0.39, 0.29) is 15.2 Å². The number of thioether (sulfide) groups is 1. The molecule has 0 spiro atoms. The zero-order valence-electron chi connectivity index (χ0n) is 21.2. The normalized spacial score (nSPS) is 22.3. The van der Waals surface area contributed by atoms with E-state index < -0.39 is 8.32 Å². The van der Waals surface area contributed by atoms with Crippen LogP contribution >= 0.6 is 11.8 Å². The standard InChI is InChI=1S/C26H36N4O2SSi/c1-24(2,3)34(5,6)32-18-25(4)17-21-28-29-23(30(21)14-16-33-25)26(11-12-26)20-9-7-19(8-10-20)22-27-13-15-31-22/h7-10,13,15H,11-12,14,16-18H2,1-6H3/t25-/m1/s1. The minimum Gasteiger partial charge on any atom is -0.445 e. The molecule has 2 aromatic heterocycles. The number of aromatic nitrogens is 4. The summed E-state index contributed by atoms with van der Waals surface area (Å²) in [6, 6.07) is 8.62. The van der Waals surface area contributed by atoms with Crippen molar-refractivity contribution in [1.82, 2.24) is 19.7 Å². The van der Waals surface area contributed by atoms with Gasteiger partial charge in [0.15, 0.2) is 8.32 Å². The largest absolute Gasteiger partial charge is 0.445 e. The topological polar surface area (TPSA) is 66.0 Å². The first-order valence-electron chi connectivity index (χ1n) is 12.2. The summed E-state index contributed by atoms with van der Waals surface area (Å²) in [5.41, 5.74) is 2.28. The molecule has 1 aromatic carbocycles. The van der Waals surface area contributed by atoms with Gasteiger partial charge in [-0.2, -0.15) is 11.8 Å². The molecule has 1 aliphatic heterocycles. The number of fused-ring (bicyclic) bond motifs is 1. The van der Waals surface area contributed by atoms with Crippen molar-refractivity contribution < 1.29 is 8.84 Å². The summed E-state index contributed by atoms with van der Waals surface area (Å²) < 4.78 is 14.5. The molecule has 0 unspecified atom stereocenters. The first-order chi connectivity index (χ1) is 16.0. The van der Waals surface area contributed by atoms with Gasteiger partial charge in [-0.15, -0.1) is 10.2 Å². The first kappa shape index (κ1) is 23.8. The summed E-state index contributed by atoms with van der Waals surface area (Å²) in [5, 5.41) is 9.72. The molecule has 1 atom stereocenters. The van der Waals surface area contributed by atoms with Gasteiger partial charge in [0.2, 0.25) is 5.89 Å². The molecule has 0 bridgehead atoms. The summed E-state index contributed by atoms with van der Waals surface area (Å²) in [5.74, 6) is 3.93. The average Bonchev–Trinajstić information content (AvgIpc) is 3.27. The average molecular weight is 497 g/mol. The van der Waals surface area contributed by atoms with E-state index in [0.29, 0.717) is 5.89 Å². The van der Waals surface area contributed by atoms with Crippen LogP contribution in [0.25, 0.3) is 11.5 Å². The van der Waals surface area contributed by atoms with E-state index >= 15 is 0 Å². The minimum atomic E-state index is -1.79. The van der Waals surface area contributed by atoms with Crippen molar-refractivity contribution in [3.63, 3.8) is 0 Å². The summed E-state index contributed by atoms with van der Waals surface area (Å²) in [6.45, 7) is 15.6. The lowest BCUT2D eigenvalue weighted by molar-refractivity contribution is 0.252. The maximum Gasteiger partial charge on any atom is 0.225 e. The predicted octanol–water partition coefficient (Wildman–Crippen LogP) is 6.08. The Bertz CT molecular complexity index is 1150. The molecule has 1 saturated carbocycles. The maximum atomic E-state index is 6.65. The van der Waals surface area contributed by atoms with Crippen molar-refractivity contribution in [2.45, 2.75) is 81.8 Å². The monoisotopic (exact) mass is 496 g/mol. The summed E-state index contributed by atoms with van der Waals surface area (Å²) >= 11 is 2.03. The van der Waals surface area contributed by atoms with Gasteiger partial charge in [-0.3, -0.25) is 0 Å². The van der Waals surface area contributed by atoms with Crippen molar-refractivity contribution in [3.05, 3.63) is 53.9 Å². The van der Waals surface area contributed by atoms with Gasteiger partial charge >= 0.3 is 0 Å². The van der Waals surface area contributed by atoms with Gasteiger partial charge in [0.25, 0.3) is 0 Å². The smallest absolute Gasteiger partial charge is 0.225 e. The van der Waals surface area contributed by atoms with E-state index in [0.717, 1.165) is 55.4 Å². The van der Waals surface area contributed by atoms with E-state index in [1.165, 1.54) is 5.56 Å². The Hall–Kier alpha value is -1.90. The van der Waals surface area contributed by atoms with Crippen LogP contribution in [-0.2, 0) is 22.8 Å².